The number of benzene rings is 1. The molecule has 5 nitrogen and oxygen atoms in total. The Kier molecular flexibility index (Phi) is 5.30. The Hall–Kier alpha value is -1.92. The first-order valence-corrected chi connectivity index (χ1v) is 7.61. The van der Waals surface area contributed by atoms with Gasteiger partial charge in [0.25, 0.3) is 0 Å². The van der Waals surface area contributed by atoms with Crippen LogP contribution in [0.2, 0.25) is 0 Å². The van der Waals surface area contributed by atoms with Crippen molar-refractivity contribution in [3.8, 4) is 0 Å². The van der Waals surface area contributed by atoms with Crippen LogP contribution in [0.5, 0.6) is 0 Å². The van der Waals surface area contributed by atoms with Gasteiger partial charge < -0.3 is 15.7 Å². The van der Waals surface area contributed by atoms with E-state index in [2.05, 4.69) is 10.6 Å². The number of aliphatic hydroxyl groups excluding tert-OH is 1. The first kappa shape index (κ1) is 15.5. The van der Waals surface area contributed by atoms with Crippen molar-refractivity contribution in [3.63, 3.8) is 0 Å². The molecule has 1 atom stereocenters. The van der Waals surface area contributed by atoms with Crippen LogP contribution in [0.4, 0.5) is 0 Å². The molecule has 0 spiro atoms. The van der Waals surface area contributed by atoms with Gasteiger partial charge in [-0.1, -0.05) is 18.2 Å². The second-order valence-corrected chi connectivity index (χ2v) is 5.75. The van der Waals surface area contributed by atoms with Crippen LogP contribution < -0.4 is 10.6 Å². The molecule has 1 unspecified atom stereocenters. The molecular weight excluding hydrogens is 288 g/mol. The second kappa shape index (κ2) is 7.19. The Morgan fingerprint density at radius 3 is 2.67 bits per heavy atom. The molecule has 2 amide bonds. The summed E-state index contributed by atoms with van der Waals surface area (Å²) in [7, 11) is 0. The third kappa shape index (κ3) is 4.27. The average molecular weight is 306 g/mol. The number of hydrogen-bond acceptors (Lipinski definition) is 4. The number of amides is 2. The molecule has 1 aromatic heterocycles. The van der Waals surface area contributed by atoms with Crippen LogP contribution in [0.1, 0.15) is 24.3 Å². The zero-order valence-electron chi connectivity index (χ0n) is 11.8. The van der Waals surface area contributed by atoms with Crippen molar-refractivity contribution < 1.29 is 14.7 Å². The van der Waals surface area contributed by atoms with Gasteiger partial charge in [-0.05, 0) is 24.4 Å². The van der Waals surface area contributed by atoms with E-state index in [4.69, 9.17) is 0 Å². The Bertz CT molecular complexity index is 606. The average Bonchev–Trinajstić information content (AvgIpc) is 2.89. The lowest BCUT2D eigenvalue weighted by atomic mass is 10.2. The molecule has 1 heterocycles. The highest BCUT2D eigenvalue weighted by molar-refractivity contribution is 7.19. The predicted molar refractivity (Wildman–Crippen MR) is 83.1 cm³/mol. The maximum absolute atomic E-state index is 11.6. The van der Waals surface area contributed by atoms with Crippen LogP contribution in [0.25, 0.3) is 10.1 Å². The fourth-order valence-corrected chi connectivity index (χ4v) is 3.00. The molecule has 1 aromatic carbocycles. The third-order valence-electron chi connectivity index (χ3n) is 2.96. The van der Waals surface area contributed by atoms with Gasteiger partial charge in [0, 0.05) is 22.7 Å². The molecule has 0 fully saturated rings. The minimum absolute atomic E-state index is 0.102. The second-order valence-electron chi connectivity index (χ2n) is 4.64. The fourth-order valence-electron chi connectivity index (χ4n) is 1.95. The number of aliphatic hydroxyl groups is 1. The summed E-state index contributed by atoms with van der Waals surface area (Å²) in [6.45, 7) is 2.39. The molecule has 0 radical (unpaired) electrons. The molecule has 0 bridgehead atoms. The normalized spacial score (nSPS) is 12.1. The molecule has 112 valence electrons. The summed E-state index contributed by atoms with van der Waals surface area (Å²) in [6.07, 6.45) is -0.979. The highest BCUT2D eigenvalue weighted by Crippen LogP contribution is 2.29. The Balaban J connectivity index is 1.88. The number of hydrogen-bond donors (Lipinski definition) is 3. The summed E-state index contributed by atoms with van der Waals surface area (Å²) in [5.74, 6) is -0.701. The molecule has 0 saturated heterocycles. The van der Waals surface area contributed by atoms with Crippen LogP contribution in [0.3, 0.4) is 0 Å². The Morgan fingerprint density at radius 1 is 1.24 bits per heavy atom. The molecule has 6 heteroatoms. The van der Waals surface area contributed by atoms with Gasteiger partial charge in [-0.3, -0.25) is 9.59 Å². The van der Waals surface area contributed by atoms with E-state index in [9.17, 15) is 14.7 Å². The SMILES string of the molecule is CCNC(=O)CC(=O)NCC(O)c1cc2ccccc2s1. The van der Waals surface area contributed by atoms with Gasteiger partial charge in [0.1, 0.15) is 12.5 Å². The summed E-state index contributed by atoms with van der Waals surface area (Å²) in [4.78, 5) is 23.6. The Morgan fingerprint density at radius 2 is 1.95 bits per heavy atom. The first-order chi connectivity index (χ1) is 10.1. The first-order valence-electron chi connectivity index (χ1n) is 6.80. The van der Waals surface area contributed by atoms with Crippen molar-refractivity contribution in [2.24, 2.45) is 0 Å². The predicted octanol–water partition coefficient (Wildman–Crippen LogP) is 1.58. The zero-order valence-corrected chi connectivity index (χ0v) is 12.6. The number of thiophene rings is 1. The minimum Gasteiger partial charge on any atom is -0.386 e. The molecule has 2 rings (SSSR count). The molecule has 0 aliphatic carbocycles. The van der Waals surface area contributed by atoms with Crippen molar-refractivity contribution in [1.29, 1.82) is 0 Å². The highest BCUT2D eigenvalue weighted by atomic mass is 32.1. The summed E-state index contributed by atoms with van der Waals surface area (Å²) in [6, 6.07) is 9.78. The van der Waals surface area contributed by atoms with Crippen LogP contribution in [-0.4, -0.2) is 30.0 Å². The van der Waals surface area contributed by atoms with E-state index in [0.29, 0.717) is 6.54 Å². The van der Waals surface area contributed by atoms with E-state index < -0.39 is 6.10 Å². The van der Waals surface area contributed by atoms with Gasteiger partial charge >= 0.3 is 0 Å². The van der Waals surface area contributed by atoms with Gasteiger partial charge in [-0.15, -0.1) is 11.3 Å². The molecule has 2 aromatic rings. The van der Waals surface area contributed by atoms with Crippen LogP contribution in [0.15, 0.2) is 30.3 Å². The molecule has 3 N–H and O–H groups in total. The van der Waals surface area contributed by atoms with Crippen LogP contribution >= 0.6 is 11.3 Å². The van der Waals surface area contributed by atoms with Gasteiger partial charge in [0.15, 0.2) is 0 Å². The summed E-state index contributed by atoms with van der Waals surface area (Å²) in [5, 5.41) is 16.3. The third-order valence-corrected chi connectivity index (χ3v) is 4.18. The molecule has 0 aliphatic rings. The molecule has 0 saturated carbocycles. The largest absolute Gasteiger partial charge is 0.386 e. The lowest BCUT2D eigenvalue weighted by molar-refractivity contribution is -0.129. The van der Waals surface area contributed by atoms with Crippen LogP contribution in [-0.2, 0) is 9.59 Å². The molecule has 21 heavy (non-hydrogen) atoms. The smallest absolute Gasteiger partial charge is 0.229 e. The van der Waals surface area contributed by atoms with Crippen LogP contribution in [0, 0.1) is 0 Å². The van der Waals surface area contributed by atoms with Gasteiger partial charge in [0.05, 0.1) is 0 Å². The van der Waals surface area contributed by atoms with E-state index in [-0.39, 0.29) is 24.8 Å². The Labute approximate surface area is 127 Å². The zero-order chi connectivity index (χ0) is 15.2. The van der Waals surface area contributed by atoms with Gasteiger partial charge in [-0.2, -0.15) is 0 Å². The highest BCUT2D eigenvalue weighted by Gasteiger charge is 2.14. The van der Waals surface area contributed by atoms with E-state index >= 15 is 0 Å². The van der Waals surface area contributed by atoms with E-state index in [0.717, 1.165) is 15.0 Å². The van der Waals surface area contributed by atoms with Crippen molar-refractivity contribution in [3.05, 3.63) is 35.2 Å². The summed E-state index contributed by atoms with van der Waals surface area (Å²) in [5.41, 5.74) is 0. The quantitative estimate of drug-likeness (QED) is 0.709. The number of rotatable bonds is 6. The lowest BCUT2D eigenvalue weighted by Crippen LogP contribution is -2.33. The number of carbonyl (C=O) groups is 2. The molecule has 0 aliphatic heterocycles. The van der Waals surface area contributed by atoms with Crippen molar-refractivity contribution in [2.45, 2.75) is 19.4 Å². The number of fused-ring (bicyclic) bond motifs is 1. The fraction of sp³-hybridized carbons (Fsp3) is 0.333. The monoisotopic (exact) mass is 306 g/mol. The van der Waals surface area contributed by atoms with Gasteiger partial charge in [0.2, 0.25) is 11.8 Å². The summed E-state index contributed by atoms with van der Waals surface area (Å²) >= 11 is 1.50. The topological polar surface area (TPSA) is 78.4 Å². The minimum atomic E-state index is -0.763. The van der Waals surface area contributed by atoms with Crippen molar-refractivity contribution in [2.75, 3.05) is 13.1 Å². The maximum Gasteiger partial charge on any atom is 0.229 e. The van der Waals surface area contributed by atoms with E-state index in [1.165, 1.54) is 11.3 Å². The summed E-state index contributed by atoms with van der Waals surface area (Å²) < 4.78 is 1.10. The number of carbonyl (C=O) groups excluding carboxylic acids is 2. The van der Waals surface area contributed by atoms with Gasteiger partial charge in [-0.25, -0.2) is 0 Å². The number of nitrogens with one attached hydrogen (secondary N) is 2. The van der Waals surface area contributed by atoms with Crippen molar-refractivity contribution in [1.82, 2.24) is 10.6 Å². The van der Waals surface area contributed by atoms with E-state index in [1.54, 1.807) is 6.92 Å². The lowest BCUT2D eigenvalue weighted by Gasteiger charge is -2.10. The standard InChI is InChI=1S/C15H18N2O3S/c1-2-16-14(19)8-15(20)17-9-11(18)13-7-10-5-3-4-6-12(10)21-13/h3-7,11,18H,2,8-9H2,1H3,(H,16,19)(H,17,20). The molecular formula is C15H18N2O3S. The van der Waals surface area contributed by atoms with E-state index in [1.807, 2.05) is 30.3 Å². The van der Waals surface area contributed by atoms with Crippen molar-refractivity contribution >= 4 is 33.2 Å². The maximum atomic E-state index is 11.6.